The Hall–Kier alpha value is -2.20. The molecule has 118 valence electrons. The van der Waals surface area contributed by atoms with Crippen LogP contribution >= 0.6 is 11.6 Å². The van der Waals surface area contributed by atoms with Crippen LogP contribution in [-0.4, -0.2) is 22.2 Å². The molecule has 1 aliphatic rings. The summed E-state index contributed by atoms with van der Waals surface area (Å²) in [5, 5.41) is 7.85. The summed E-state index contributed by atoms with van der Waals surface area (Å²) in [6.45, 7) is 4.19. The number of aromatic nitrogens is 2. The maximum Gasteiger partial charge on any atom is 0.174 e. The van der Waals surface area contributed by atoms with E-state index < -0.39 is 0 Å². The van der Waals surface area contributed by atoms with Gasteiger partial charge >= 0.3 is 0 Å². The molecule has 1 aliphatic carbocycles. The second-order valence-corrected chi connectivity index (χ2v) is 7.04. The number of carbonyl (C=O) groups is 1. The minimum atomic E-state index is -0.00672. The highest BCUT2D eigenvalue weighted by Gasteiger charge is 2.26. The Balaban J connectivity index is 1.76. The van der Waals surface area contributed by atoms with Gasteiger partial charge in [-0.05, 0) is 41.2 Å². The molecule has 0 atom stereocenters. The van der Waals surface area contributed by atoms with Gasteiger partial charge in [0, 0.05) is 23.7 Å². The summed E-state index contributed by atoms with van der Waals surface area (Å²) in [6, 6.07) is 9.39. The van der Waals surface area contributed by atoms with Crippen LogP contribution in [0.3, 0.4) is 0 Å². The van der Waals surface area contributed by atoms with E-state index in [0.29, 0.717) is 17.3 Å². The van der Waals surface area contributed by atoms with Gasteiger partial charge in [0.1, 0.15) is 0 Å². The Morgan fingerprint density at radius 3 is 2.70 bits per heavy atom. The summed E-state index contributed by atoms with van der Waals surface area (Å²) >= 11 is 5.89. The van der Waals surface area contributed by atoms with E-state index in [0.717, 1.165) is 23.3 Å². The first-order chi connectivity index (χ1) is 10.9. The molecule has 0 radical (unpaired) electrons. The Bertz CT molecular complexity index is 785. The molecule has 0 spiro atoms. The van der Waals surface area contributed by atoms with E-state index in [9.17, 15) is 4.79 Å². The molecule has 0 bridgehead atoms. The number of allylic oxidation sites excluding steroid dienone is 2. The number of benzene rings is 1. The largest absolute Gasteiger partial charge is 0.295 e. The van der Waals surface area contributed by atoms with Crippen LogP contribution in [0.25, 0.3) is 11.3 Å². The first-order valence-electron chi connectivity index (χ1n) is 7.50. The predicted molar refractivity (Wildman–Crippen MR) is 93.3 cm³/mol. The van der Waals surface area contributed by atoms with Crippen LogP contribution < -0.4 is 0 Å². The van der Waals surface area contributed by atoms with Crippen LogP contribution in [0, 0.1) is 5.41 Å². The first kappa shape index (κ1) is 15.7. The fourth-order valence-corrected chi connectivity index (χ4v) is 2.91. The number of halogens is 1. The van der Waals surface area contributed by atoms with Crippen molar-refractivity contribution in [3.63, 3.8) is 0 Å². The molecule has 23 heavy (non-hydrogen) atoms. The van der Waals surface area contributed by atoms with Crippen molar-refractivity contribution < 1.29 is 4.79 Å². The van der Waals surface area contributed by atoms with Gasteiger partial charge in [0.2, 0.25) is 0 Å². The van der Waals surface area contributed by atoms with E-state index in [4.69, 9.17) is 11.6 Å². The number of hydrogen-bond donors (Lipinski definition) is 1. The third kappa shape index (κ3) is 3.96. The third-order valence-corrected chi connectivity index (χ3v) is 4.02. The van der Waals surface area contributed by atoms with Gasteiger partial charge in [-0.1, -0.05) is 37.6 Å². The van der Waals surface area contributed by atoms with Gasteiger partial charge in [-0.2, -0.15) is 5.10 Å². The van der Waals surface area contributed by atoms with Crippen LogP contribution in [-0.2, 0) is 4.79 Å². The van der Waals surface area contributed by atoms with Gasteiger partial charge in [0.25, 0.3) is 0 Å². The zero-order chi connectivity index (χ0) is 16.4. The lowest BCUT2D eigenvalue weighted by Gasteiger charge is -2.27. The molecule has 0 fully saturated rings. The van der Waals surface area contributed by atoms with Crippen molar-refractivity contribution in [1.82, 2.24) is 10.2 Å². The second-order valence-electron chi connectivity index (χ2n) is 6.61. The quantitative estimate of drug-likeness (QED) is 0.827. The smallest absolute Gasteiger partial charge is 0.174 e. The van der Waals surface area contributed by atoms with Crippen molar-refractivity contribution in [2.24, 2.45) is 10.4 Å². The third-order valence-electron chi connectivity index (χ3n) is 3.76. The summed E-state index contributed by atoms with van der Waals surface area (Å²) in [6.07, 6.45) is 4.85. The summed E-state index contributed by atoms with van der Waals surface area (Å²) < 4.78 is 0. The van der Waals surface area contributed by atoms with Crippen molar-refractivity contribution in [1.29, 1.82) is 0 Å². The van der Waals surface area contributed by atoms with Gasteiger partial charge in [-0.3, -0.25) is 9.89 Å². The monoisotopic (exact) mass is 327 g/mol. The first-order valence-corrected chi connectivity index (χ1v) is 7.88. The van der Waals surface area contributed by atoms with Gasteiger partial charge in [-0.15, -0.1) is 0 Å². The maximum atomic E-state index is 11.7. The van der Waals surface area contributed by atoms with Gasteiger partial charge in [0.15, 0.2) is 11.6 Å². The molecular formula is C18H18ClN3O. The van der Waals surface area contributed by atoms with Crippen LogP contribution in [0.4, 0.5) is 5.82 Å². The lowest BCUT2D eigenvalue weighted by Crippen LogP contribution is -2.22. The molecule has 5 heteroatoms. The molecule has 0 amide bonds. The summed E-state index contributed by atoms with van der Waals surface area (Å²) in [5.74, 6) is 0.748. The highest BCUT2D eigenvalue weighted by molar-refractivity contribution is 6.30. The molecule has 0 saturated heterocycles. The average molecular weight is 328 g/mol. The zero-order valence-corrected chi connectivity index (χ0v) is 13.9. The molecule has 0 unspecified atom stereocenters. The van der Waals surface area contributed by atoms with Crippen LogP contribution in [0.15, 0.2) is 47.0 Å². The normalized spacial score (nSPS) is 17.5. The van der Waals surface area contributed by atoms with Crippen molar-refractivity contribution in [2.75, 3.05) is 0 Å². The number of H-pyrrole nitrogens is 1. The maximum absolute atomic E-state index is 11.7. The van der Waals surface area contributed by atoms with Gasteiger partial charge in [0.05, 0.1) is 5.69 Å². The minimum absolute atomic E-state index is 0.00672. The average Bonchev–Trinajstić information content (AvgIpc) is 2.93. The fourth-order valence-electron chi connectivity index (χ4n) is 2.78. The van der Waals surface area contributed by atoms with E-state index in [-0.39, 0.29) is 11.2 Å². The van der Waals surface area contributed by atoms with Gasteiger partial charge in [-0.25, -0.2) is 4.99 Å². The lowest BCUT2D eigenvalue weighted by molar-refractivity contribution is -0.116. The lowest BCUT2D eigenvalue weighted by atomic mass is 9.77. The van der Waals surface area contributed by atoms with E-state index >= 15 is 0 Å². The number of nitrogens with one attached hydrogen (secondary N) is 1. The topological polar surface area (TPSA) is 58.1 Å². The standard InChI is InChI=1S/C18H18ClN3O/c1-18(2)9-12(7-15(23)10-18)11-20-17-8-16(21-22-17)13-3-5-14(19)6-4-13/h3-8,11H,9-10H2,1-2H3,(H,21,22). The van der Waals surface area contributed by atoms with E-state index in [1.54, 1.807) is 12.3 Å². The van der Waals surface area contributed by atoms with Crippen LogP contribution in [0.5, 0.6) is 0 Å². The molecule has 1 aromatic heterocycles. The van der Waals surface area contributed by atoms with Gasteiger partial charge < -0.3 is 0 Å². The highest BCUT2D eigenvalue weighted by Crippen LogP contribution is 2.33. The molecule has 1 aromatic carbocycles. The molecule has 0 aliphatic heterocycles. The molecule has 3 rings (SSSR count). The number of aromatic amines is 1. The minimum Gasteiger partial charge on any atom is -0.295 e. The van der Waals surface area contributed by atoms with Crippen LogP contribution in [0.2, 0.25) is 5.02 Å². The number of carbonyl (C=O) groups excluding carboxylic acids is 1. The predicted octanol–water partition coefficient (Wildman–Crippen LogP) is 4.75. The van der Waals surface area contributed by atoms with Crippen LogP contribution in [0.1, 0.15) is 26.7 Å². The van der Waals surface area contributed by atoms with E-state index in [1.165, 1.54) is 0 Å². The van der Waals surface area contributed by atoms with E-state index in [2.05, 4.69) is 29.0 Å². The molecule has 0 saturated carbocycles. The molecule has 1 heterocycles. The molecular weight excluding hydrogens is 310 g/mol. The SMILES string of the molecule is CC1(C)CC(=O)C=C(C=Nc2cc(-c3ccc(Cl)cc3)[nH]n2)C1. The van der Waals surface area contributed by atoms with E-state index in [1.807, 2.05) is 30.3 Å². The van der Waals surface area contributed by atoms with Crippen molar-refractivity contribution in [2.45, 2.75) is 26.7 Å². The number of aliphatic imine (C=N–C) groups is 1. The van der Waals surface area contributed by atoms with Crippen molar-refractivity contribution in [3.8, 4) is 11.3 Å². The Kier molecular flexibility index (Phi) is 4.18. The Morgan fingerprint density at radius 1 is 1.26 bits per heavy atom. The summed E-state index contributed by atoms with van der Waals surface area (Å²) in [4.78, 5) is 16.1. The summed E-state index contributed by atoms with van der Waals surface area (Å²) in [7, 11) is 0. The van der Waals surface area contributed by atoms with Crippen molar-refractivity contribution >= 4 is 29.4 Å². The highest BCUT2D eigenvalue weighted by atomic mass is 35.5. The molecule has 2 aromatic rings. The zero-order valence-electron chi connectivity index (χ0n) is 13.1. The number of ketones is 1. The fraction of sp³-hybridized carbons (Fsp3) is 0.278. The molecule has 1 N–H and O–H groups in total. The van der Waals surface area contributed by atoms with Crippen molar-refractivity contribution in [3.05, 3.63) is 47.0 Å². The second kappa shape index (κ2) is 6.13. The Labute approximate surface area is 140 Å². The molecule has 4 nitrogen and oxygen atoms in total. The number of rotatable bonds is 3. The summed E-state index contributed by atoms with van der Waals surface area (Å²) in [5.41, 5.74) is 2.81. The number of nitrogens with zero attached hydrogens (tertiary/aromatic N) is 2. The Morgan fingerprint density at radius 2 is 2.00 bits per heavy atom. The number of hydrogen-bond acceptors (Lipinski definition) is 3.